The summed E-state index contributed by atoms with van der Waals surface area (Å²) < 4.78 is 0. The quantitative estimate of drug-likeness (QED) is 0.493. The van der Waals surface area contributed by atoms with Gasteiger partial charge in [-0.1, -0.05) is 31.2 Å². The lowest BCUT2D eigenvalue weighted by Gasteiger charge is -2.12. The normalized spacial score (nSPS) is 10.4. The van der Waals surface area contributed by atoms with Gasteiger partial charge in [0.05, 0.1) is 11.3 Å². The summed E-state index contributed by atoms with van der Waals surface area (Å²) in [5.41, 5.74) is 6.85. The van der Waals surface area contributed by atoms with E-state index in [9.17, 15) is 14.4 Å². The molecule has 0 radical (unpaired) electrons. The molecule has 0 fully saturated rings. The highest BCUT2D eigenvalue weighted by atomic mass is 32.2. The lowest BCUT2D eigenvalue weighted by atomic mass is 10.1. The molecule has 0 heterocycles. The largest absolute Gasteiger partial charge is 0.353 e. The summed E-state index contributed by atoms with van der Waals surface area (Å²) in [5, 5.41) is 2.81. The number of benzene rings is 2. The fraction of sp³-hybridized carbons (Fsp3) is 0.286. The molecule has 0 aliphatic heterocycles. The summed E-state index contributed by atoms with van der Waals surface area (Å²) in [4.78, 5) is 37.2. The molecule has 0 spiro atoms. The Bertz CT molecular complexity index is 835. The third kappa shape index (κ3) is 6.42. The van der Waals surface area contributed by atoms with Crippen LogP contribution in [0.25, 0.3) is 0 Å². The molecule has 7 heteroatoms. The van der Waals surface area contributed by atoms with E-state index in [2.05, 4.69) is 16.2 Å². The fourth-order valence-corrected chi connectivity index (χ4v) is 3.29. The molecule has 0 aliphatic rings. The van der Waals surface area contributed by atoms with Gasteiger partial charge >= 0.3 is 0 Å². The van der Waals surface area contributed by atoms with Crippen molar-refractivity contribution in [2.45, 2.75) is 38.1 Å². The van der Waals surface area contributed by atoms with Crippen LogP contribution in [0.4, 0.5) is 0 Å². The fourth-order valence-electron chi connectivity index (χ4n) is 2.43. The third-order valence-corrected chi connectivity index (χ3v) is 4.93. The van der Waals surface area contributed by atoms with Crippen LogP contribution < -0.4 is 16.2 Å². The maximum absolute atomic E-state index is 12.5. The molecule has 0 saturated heterocycles. The van der Waals surface area contributed by atoms with Gasteiger partial charge in [0, 0.05) is 16.5 Å². The number of hydrazine groups is 1. The molecular weight excluding hydrogens is 374 g/mol. The van der Waals surface area contributed by atoms with Crippen LogP contribution in [0.1, 0.15) is 47.1 Å². The highest BCUT2D eigenvalue weighted by Crippen LogP contribution is 2.22. The molecule has 2 aromatic rings. The lowest BCUT2D eigenvalue weighted by molar-refractivity contribution is -0.119. The van der Waals surface area contributed by atoms with E-state index >= 15 is 0 Å². The number of thioether (sulfide) groups is 1. The van der Waals surface area contributed by atoms with E-state index in [1.807, 2.05) is 32.9 Å². The minimum atomic E-state index is -0.439. The monoisotopic (exact) mass is 399 g/mol. The second-order valence-electron chi connectivity index (χ2n) is 6.47. The van der Waals surface area contributed by atoms with Crippen LogP contribution >= 0.6 is 11.8 Å². The topological polar surface area (TPSA) is 87.3 Å². The maximum Gasteiger partial charge on any atom is 0.270 e. The molecule has 0 saturated carbocycles. The zero-order valence-electron chi connectivity index (χ0n) is 16.2. The van der Waals surface area contributed by atoms with E-state index in [1.165, 1.54) is 11.8 Å². The Hall–Kier alpha value is -2.80. The second kappa shape index (κ2) is 10.5. The van der Waals surface area contributed by atoms with E-state index in [0.717, 1.165) is 12.0 Å². The molecule has 3 amide bonds. The standard InChI is InChI=1S/C21H25N3O3S/c1-4-15-9-11-16(12-10-15)20(26)23-24-21(27)17-7-5-6-8-18(17)28-13-19(25)22-14(2)3/h5-12,14H,4,13H2,1-3H3,(H,22,25)(H,23,26)(H,24,27). The molecule has 3 N–H and O–H groups in total. The van der Waals surface area contributed by atoms with E-state index < -0.39 is 11.8 Å². The predicted octanol–water partition coefficient (Wildman–Crippen LogP) is 2.94. The molecule has 148 valence electrons. The SMILES string of the molecule is CCc1ccc(C(=O)NNC(=O)c2ccccc2SCC(=O)NC(C)C)cc1. The van der Waals surface area contributed by atoms with E-state index in [0.29, 0.717) is 16.0 Å². The summed E-state index contributed by atoms with van der Waals surface area (Å²) >= 11 is 1.27. The van der Waals surface area contributed by atoms with Gasteiger partial charge in [0.15, 0.2) is 0 Å². The highest BCUT2D eigenvalue weighted by molar-refractivity contribution is 8.00. The van der Waals surface area contributed by atoms with Crippen LogP contribution in [0.3, 0.4) is 0 Å². The van der Waals surface area contributed by atoms with Crippen LogP contribution in [-0.2, 0) is 11.2 Å². The molecule has 2 aromatic carbocycles. The predicted molar refractivity (Wildman–Crippen MR) is 111 cm³/mol. The first-order valence-electron chi connectivity index (χ1n) is 9.11. The smallest absolute Gasteiger partial charge is 0.270 e. The summed E-state index contributed by atoms with van der Waals surface area (Å²) in [5.74, 6) is -0.721. The Morgan fingerprint density at radius 3 is 2.21 bits per heavy atom. The minimum absolute atomic E-state index is 0.0632. The first kappa shape index (κ1) is 21.5. The van der Waals surface area contributed by atoms with Crippen LogP contribution in [0.5, 0.6) is 0 Å². The molecule has 0 bridgehead atoms. The van der Waals surface area contributed by atoms with Gasteiger partial charge in [0.1, 0.15) is 0 Å². The van der Waals surface area contributed by atoms with E-state index in [4.69, 9.17) is 0 Å². The van der Waals surface area contributed by atoms with Crippen molar-refractivity contribution in [1.29, 1.82) is 0 Å². The van der Waals surface area contributed by atoms with Crippen LogP contribution in [-0.4, -0.2) is 29.5 Å². The third-order valence-electron chi connectivity index (χ3n) is 3.85. The molecule has 28 heavy (non-hydrogen) atoms. The first-order valence-corrected chi connectivity index (χ1v) is 10.1. The zero-order chi connectivity index (χ0) is 20.5. The Morgan fingerprint density at radius 2 is 1.57 bits per heavy atom. The number of carbonyl (C=O) groups excluding carboxylic acids is 3. The number of rotatable bonds is 7. The number of aryl methyl sites for hydroxylation is 1. The van der Waals surface area contributed by atoms with Gasteiger partial charge in [-0.15, -0.1) is 11.8 Å². The van der Waals surface area contributed by atoms with Gasteiger partial charge < -0.3 is 5.32 Å². The van der Waals surface area contributed by atoms with Crippen LogP contribution in [0.2, 0.25) is 0 Å². The van der Waals surface area contributed by atoms with Crippen molar-refractivity contribution in [2.75, 3.05) is 5.75 Å². The molecule has 0 aromatic heterocycles. The van der Waals surface area contributed by atoms with Gasteiger partial charge in [0.25, 0.3) is 11.8 Å². The molecule has 0 aliphatic carbocycles. The van der Waals surface area contributed by atoms with Gasteiger partial charge in [-0.25, -0.2) is 0 Å². The summed E-state index contributed by atoms with van der Waals surface area (Å²) in [6, 6.07) is 14.2. The van der Waals surface area contributed by atoms with E-state index in [-0.39, 0.29) is 17.7 Å². The van der Waals surface area contributed by atoms with Gasteiger partial charge in [-0.2, -0.15) is 0 Å². The molecule has 6 nitrogen and oxygen atoms in total. The second-order valence-corrected chi connectivity index (χ2v) is 7.48. The first-order chi connectivity index (χ1) is 13.4. The number of hydrogen-bond acceptors (Lipinski definition) is 4. The van der Waals surface area contributed by atoms with Crippen molar-refractivity contribution >= 4 is 29.5 Å². The highest BCUT2D eigenvalue weighted by Gasteiger charge is 2.14. The number of hydrogen-bond donors (Lipinski definition) is 3. The molecule has 0 unspecified atom stereocenters. The Morgan fingerprint density at radius 1 is 0.929 bits per heavy atom. The van der Waals surface area contributed by atoms with Gasteiger partial charge in [0.2, 0.25) is 5.91 Å². The van der Waals surface area contributed by atoms with Gasteiger partial charge in [-0.3, -0.25) is 25.2 Å². The van der Waals surface area contributed by atoms with Crippen molar-refractivity contribution < 1.29 is 14.4 Å². The zero-order valence-corrected chi connectivity index (χ0v) is 17.1. The summed E-state index contributed by atoms with van der Waals surface area (Å²) in [7, 11) is 0. The number of nitrogens with one attached hydrogen (secondary N) is 3. The molecule has 0 atom stereocenters. The average molecular weight is 400 g/mol. The number of amides is 3. The van der Waals surface area contributed by atoms with E-state index in [1.54, 1.807) is 36.4 Å². The van der Waals surface area contributed by atoms with Crippen molar-refractivity contribution in [3.8, 4) is 0 Å². The van der Waals surface area contributed by atoms with Gasteiger partial charge in [-0.05, 0) is 50.1 Å². The van der Waals surface area contributed by atoms with Crippen molar-refractivity contribution in [3.63, 3.8) is 0 Å². The Labute approximate surface area is 169 Å². The summed E-state index contributed by atoms with van der Waals surface area (Å²) in [6.07, 6.45) is 0.891. The average Bonchev–Trinajstić information content (AvgIpc) is 2.70. The van der Waals surface area contributed by atoms with Crippen LogP contribution in [0, 0.1) is 0 Å². The minimum Gasteiger partial charge on any atom is -0.353 e. The molecular formula is C21H25N3O3S. The van der Waals surface area contributed by atoms with Crippen molar-refractivity contribution in [2.24, 2.45) is 0 Å². The maximum atomic E-state index is 12.5. The van der Waals surface area contributed by atoms with Crippen LogP contribution in [0.15, 0.2) is 53.4 Å². The Balaban J connectivity index is 1.96. The molecule has 2 rings (SSSR count). The summed E-state index contributed by atoms with van der Waals surface area (Å²) in [6.45, 7) is 5.82. The lowest BCUT2D eigenvalue weighted by Crippen LogP contribution is -2.41. The van der Waals surface area contributed by atoms with Crippen molar-refractivity contribution in [3.05, 3.63) is 65.2 Å². The Kier molecular flexibility index (Phi) is 8.07. The number of carbonyl (C=O) groups is 3. The van der Waals surface area contributed by atoms with Crippen molar-refractivity contribution in [1.82, 2.24) is 16.2 Å².